The zero-order valence-electron chi connectivity index (χ0n) is 17.1. The van der Waals surface area contributed by atoms with Crippen molar-refractivity contribution in [3.63, 3.8) is 0 Å². The van der Waals surface area contributed by atoms with Gasteiger partial charge in [0.15, 0.2) is 0 Å². The Morgan fingerprint density at radius 2 is 1.08 bits per heavy atom. The zero-order chi connectivity index (χ0) is 19.8. The van der Waals surface area contributed by atoms with E-state index in [1.54, 1.807) is 13.8 Å². The van der Waals surface area contributed by atoms with Gasteiger partial charge in [-0.1, -0.05) is 13.2 Å². The van der Waals surface area contributed by atoms with Crippen molar-refractivity contribution in [1.29, 1.82) is 0 Å². The Hall–Kier alpha value is -1.66. The summed E-state index contributed by atoms with van der Waals surface area (Å²) in [7, 11) is 8.13. The molecule has 0 aromatic rings. The monoisotopic (exact) mass is 354 g/mol. The second kappa shape index (κ2) is 15.8. The average molecular weight is 355 g/mol. The van der Waals surface area contributed by atoms with Crippen LogP contribution in [0.2, 0.25) is 0 Å². The van der Waals surface area contributed by atoms with Crippen molar-refractivity contribution in [2.45, 2.75) is 33.1 Å². The van der Waals surface area contributed by atoms with Gasteiger partial charge < -0.3 is 20.4 Å². The molecular formula is C19H38N4O2. The maximum Gasteiger partial charge on any atom is 0.246 e. The van der Waals surface area contributed by atoms with Crippen LogP contribution in [0.3, 0.4) is 0 Å². The van der Waals surface area contributed by atoms with Crippen molar-refractivity contribution in [2.75, 3.05) is 54.4 Å². The Morgan fingerprint density at radius 1 is 0.720 bits per heavy atom. The van der Waals surface area contributed by atoms with E-state index < -0.39 is 0 Å². The summed E-state index contributed by atoms with van der Waals surface area (Å²) in [5.41, 5.74) is 1.15. The molecule has 2 amide bonds. The molecule has 0 rings (SSSR count). The van der Waals surface area contributed by atoms with Crippen LogP contribution in [0.5, 0.6) is 0 Å². The number of carbonyl (C=O) groups is 2. The fourth-order valence-electron chi connectivity index (χ4n) is 1.65. The summed E-state index contributed by atoms with van der Waals surface area (Å²) in [6, 6.07) is 0. The van der Waals surface area contributed by atoms with Crippen LogP contribution < -0.4 is 10.6 Å². The summed E-state index contributed by atoms with van der Waals surface area (Å²) in [5.74, 6) is -0.0846. The van der Waals surface area contributed by atoms with Crippen molar-refractivity contribution in [3.8, 4) is 0 Å². The quantitative estimate of drug-likeness (QED) is 0.437. The van der Waals surface area contributed by atoms with E-state index >= 15 is 0 Å². The molecule has 0 saturated heterocycles. The van der Waals surface area contributed by atoms with E-state index in [0.29, 0.717) is 11.1 Å². The Kier molecular flexibility index (Phi) is 16.2. The predicted octanol–water partition coefficient (Wildman–Crippen LogP) is 1.65. The van der Waals surface area contributed by atoms with E-state index in [-0.39, 0.29) is 11.8 Å². The van der Waals surface area contributed by atoms with E-state index in [1.165, 1.54) is 0 Å². The molecule has 0 aliphatic rings. The third kappa shape index (κ3) is 20.3. The van der Waals surface area contributed by atoms with Gasteiger partial charge in [-0.3, -0.25) is 9.59 Å². The molecule has 25 heavy (non-hydrogen) atoms. The first-order chi connectivity index (χ1) is 11.6. The van der Waals surface area contributed by atoms with Gasteiger partial charge >= 0.3 is 0 Å². The number of hydrogen-bond donors (Lipinski definition) is 2. The zero-order valence-corrected chi connectivity index (χ0v) is 17.1. The molecule has 146 valence electrons. The summed E-state index contributed by atoms with van der Waals surface area (Å²) in [4.78, 5) is 26.2. The summed E-state index contributed by atoms with van der Waals surface area (Å²) in [6.07, 6.45) is 3.12. The number of unbranched alkanes of at least 4 members (excludes halogenated alkanes) is 1. The molecule has 0 aromatic heterocycles. The first-order valence-electron chi connectivity index (χ1n) is 8.74. The first-order valence-corrected chi connectivity index (χ1v) is 8.74. The Labute approximate surface area is 154 Å². The van der Waals surface area contributed by atoms with Gasteiger partial charge in [0.25, 0.3) is 0 Å². The third-order valence-electron chi connectivity index (χ3n) is 3.16. The van der Waals surface area contributed by atoms with Gasteiger partial charge in [0.05, 0.1) is 0 Å². The molecule has 0 radical (unpaired) electrons. The van der Waals surface area contributed by atoms with Crippen LogP contribution in [-0.4, -0.2) is 76.0 Å². The number of carbonyl (C=O) groups excluding carboxylic acids is 2. The fraction of sp³-hybridized carbons (Fsp3) is 0.684. The largest absolute Gasteiger partial charge is 0.352 e. The van der Waals surface area contributed by atoms with E-state index in [9.17, 15) is 9.59 Å². The minimum atomic E-state index is -0.0474. The van der Waals surface area contributed by atoms with E-state index in [0.717, 1.165) is 45.4 Å². The number of nitrogens with one attached hydrogen (secondary N) is 2. The van der Waals surface area contributed by atoms with Crippen LogP contribution >= 0.6 is 0 Å². The molecule has 0 bridgehead atoms. The smallest absolute Gasteiger partial charge is 0.246 e. The highest BCUT2D eigenvalue weighted by molar-refractivity contribution is 5.92. The molecular weight excluding hydrogens is 316 g/mol. The minimum Gasteiger partial charge on any atom is -0.352 e. The SMILES string of the molecule is C=C(C)C(=O)NCCCCN(C)C.C=C(C)C(=O)NCCCN(C)C. The highest BCUT2D eigenvalue weighted by Crippen LogP contribution is 1.91. The molecule has 0 fully saturated rings. The molecule has 0 aliphatic heterocycles. The standard InChI is InChI=1S/C10H20N2O.C9H18N2O/c1-9(2)10(13)11-7-5-6-8-12(3)4;1-8(2)9(12)10-6-5-7-11(3)4/h1,5-8H2,2-4H3,(H,11,13);1,5-7H2,2-4H3,(H,10,12). The van der Waals surface area contributed by atoms with Gasteiger partial charge in [0, 0.05) is 24.2 Å². The molecule has 2 N–H and O–H groups in total. The van der Waals surface area contributed by atoms with Crippen LogP contribution in [0.4, 0.5) is 0 Å². The molecule has 6 heteroatoms. The molecule has 0 atom stereocenters. The first kappa shape index (κ1) is 25.6. The van der Waals surface area contributed by atoms with E-state index in [2.05, 4.69) is 33.6 Å². The summed E-state index contributed by atoms with van der Waals surface area (Å²) >= 11 is 0. The molecule has 0 aromatic carbocycles. The lowest BCUT2D eigenvalue weighted by atomic mass is 10.3. The summed E-state index contributed by atoms with van der Waals surface area (Å²) in [5, 5.41) is 5.57. The number of rotatable bonds is 11. The van der Waals surface area contributed by atoms with Crippen molar-refractivity contribution in [2.24, 2.45) is 0 Å². The van der Waals surface area contributed by atoms with Crippen LogP contribution in [0, 0.1) is 0 Å². The van der Waals surface area contributed by atoms with Crippen molar-refractivity contribution >= 4 is 11.8 Å². The Balaban J connectivity index is 0. The highest BCUT2D eigenvalue weighted by Gasteiger charge is 2.00. The Morgan fingerprint density at radius 3 is 1.44 bits per heavy atom. The van der Waals surface area contributed by atoms with Gasteiger partial charge in [-0.25, -0.2) is 0 Å². The van der Waals surface area contributed by atoms with Crippen LogP contribution in [0.1, 0.15) is 33.1 Å². The topological polar surface area (TPSA) is 64.7 Å². The fourth-order valence-corrected chi connectivity index (χ4v) is 1.65. The van der Waals surface area contributed by atoms with Gasteiger partial charge in [-0.05, 0) is 74.4 Å². The molecule has 0 heterocycles. The second-order valence-electron chi connectivity index (χ2n) is 6.74. The maximum absolute atomic E-state index is 11.0. The minimum absolute atomic E-state index is 0.0372. The normalized spacial score (nSPS) is 10.1. The third-order valence-corrected chi connectivity index (χ3v) is 3.16. The highest BCUT2D eigenvalue weighted by atomic mass is 16.2. The molecule has 0 unspecified atom stereocenters. The summed E-state index contributed by atoms with van der Waals surface area (Å²) in [6.45, 7) is 14.1. The molecule has 0 spiro atoms. The van der Waals surface area contributed by atoms with Gasteiger partial charge in [0.1, 0.15) is 0 Å². The lowest BCUT2D eigenvalue weighted by molar-refractivity contribution is -0.118. The molecule has 6 nitrogen and oxygen atoms in total. The van der Waals surface area contributed by atoms with Crippen LogP contribution in [0.15, 0.2) is 24.3 Å². The van der Waals surface area contributed by atoms with Crippen molar-refractivity contribution in [1.82, 2.24) is 20.4 Å². The number of nitrogens with zero attached hydrogens (tertiary/aromatic N) is 2. The maximum atomic E-state index is 11.0. The van der Waals surface area contributed by atoms with E-state index in [4.69, 9.17) is 0 Å². The predicted molar refractivity (Wildman–Crippen MR) is 107 cm³/mol. The Bertz CT molecular complexity index is 418. The molecule has 0 aliphatic carbocycles. The second-order valence-corrected chi connectivity index (χ2v) is 6.74. The molecule has 0 saturated carbocycles. The lowest BCUT2D eigenvalue weighted by Gasteiger charge is -2.09. The lowest BCUT2D eigenvalue weighted by Crippen LogP contribution is -2.27. The number of amides is 2. The van der Waals surface area contributed by atoms with E-state index in [1.807, 2.05) is 28.2 Å². The van der Waals surface area contributed by atoms with Crippen LogP contribution in [0.25, 0.3) is 0 Å². The van der Waals surface area contributed by atoms with Gasteiger partial charge in [-0.15, -0.1) is 0 Å². The van der Waals surface area contributed by atoms with Crippen molar-refractivity contribution in [3.05, 3.63) is 24.3 Å². The number of hydrogen-bond acceptors (Lipinski definition) is 4. The summed E-state index contributed by atoms with van der Waals surface area (Å²) < 4.78 is 0. The van der Waals surface area contributed by atoms with Crippen LogP contribution in [-0.2, 0) is 9.59 Å². The van der Waals surface area contributed by atoms with Crippen molar-refractivity contribution < 1.29 is 9.59 Å². The van der Waals surface area contributed by atoms with Gasteiger partial charge in [0.2, 0.25) is 11.8 Å². The average Bonchev–Trinajstić information content (AvgIpc) is 2.50. The van der Waals surface area contributed by atoms with Gasteiger partial charge in [-0.2, -0.15) is 0 Å².